The van der Waals surface area contributed by atoms with E-state index in [1.54, 1.807) is 0 Å². The summed E-state index contributed by atoms with van der Waals surface area (Å²) < 4.78 is 9.96. The van der Waals surface area contributed by atoms with E-state index in [2.05, 4.69) is 0 Å². The quantitative estimate of drug-likeness (QED) is 0.361. The van der Waals surface area contributed by atoms with Crippen molar-refractivity contribution in [1.29, 1.82) is 0 Å². The lowest BCUT2D eigenvalue weighted by Gasteiger charge is -1.97. The van der Waals surface area contributed by atoms with Crippen LogP contribution < -0.4 is 0 Å². The molecule has 0 aliphatic heterocycles. The highest BCUT2D eigenvalue weighted by Crippen LogP contribution is 2.33. The van der Waals surface area contributed by atoms with Gasteiger partial charge in [0.05, 0.1) is 0 Å². The molecule has 0 aliphatic rings. The molecule has 58 valence electrons. The van der Waals surface area contributed by atoms with Crippen LogP contribution in [0.2, 0.25) is 0 Å². The molecule has 0 aromatic rings. The first-order valence-corrected chi connectivity index (χ1v) is 3.93. The minimum absolute atomic E-state index is 1.23. The highest BCUT2D eigenvalue weighted by Gasteiger charge is 2.23. The van der Waals surface area contributed by atoms with Gasteiger partial charge in [0.2, 0.25) is 0 Å². The summed E-state index contributed by atoms with van der Waals surface area (Å²) in [5.74, 6) is -3.31. The van der Waals surface area contributed by atoms with E-state index >= 15 is 0 Å². The summed E-state index contributed by atoms with van der Waals surface area (Å²) >= 11 is 0. The Bertz CT molecular complexity index is 201. The highest BCUT2D eigenvalue weighted by atomic mass is 31.2. The molecule has 0 atom stereocenters. The Morgan fingerprint density at radius 2 is 1.70 bits per heavy atom. The molecule has 0 radical (unpaired) electrons. The number of Topliss-reactive ketones (excluding diaryl/α,β-unsaturated/α-hetero) is 1. The van der Waals surface area contributed by atoms with Crippen LogP contribution in [0, 0.1) is 0 Å². The first kappa shape index (κ1) is 9.29. The van der Waals surface area contributed by atoms with Crippen molar-refractivity contribution in [1.82, 2.24) is 0 Å². The molecule has 7 heteroatoms. The molecule has 0 aliphatic carbocycles. The molecule has 0 amide bonds. The van der Waals surface area contributed by atoms with E-state index in [1.807, 2.05) is 0 Å². The largest absolute Gasteiger partial charge is 0.475 e. The van der Waals surface area contributed by atoms with Crippen LogP contribution in [0.4, 0.5) is 0 Å². The minimum atomic E-state index is -4.51. The number of hydrogen-bond acceptors (Lipinski definition) is 3. The molecule has 0 spiro atoms. The molecule has 3 N–H and O–H groups in total. The third-order valence-corrected chi connectivity index (χ3v) is 1.29. The van der Waals surface area contributed by atoms with Crippen molar-refractivity contribution in [2.75, 3.05) is 6.16 Å². The van der Waals surface area contributed by atoms with Crippen molar-refractivity contribution in [3.63, 3.8) is 0 Å². The van der Waals surface area contributed by atoms with E-state index in [1.165, 1.54) is 0 Å². The molecule has 0 rings (SSSR count). The Balaban J connectivity index is 4.07. The maximum absolute atomic E-state index is 10.1. The standard InChI is InChI=1S/C3H5O6P/c4-2(3(5)6)1-10(7,8)9/h1H2,(H,5,6)(H2,7,8,9). The lowest BCUT2D eigenvalue weighted by molar-refractivity contribution is -0.148. The van der Waals surface area contributed by atoms with E-state index in [9.17, 15) is 14.2 Å². The fourth-order valence-corrected chi connectivity index (χ4v) is 0.764. The molecule has 0 unspecified atom stereocenters. The maximum atomic E-state index is 10.1. The topological polar surface area (TPSA) is 112 Å². The first-order valence-electron chi connectivity index (χ1n) is 2.13. The number of carbonyl (C=O) groups excluding carboxylic acids is 1. The van der Waals surface area contributed by atoms with Gasteiger partial charge in [-0.3, -0.25) is 9.36 Å². The summed E-state index contributed by atoms with van der Waals surface area (Å²) in [6.07, 6.45) is -1.23. The van der Waals surface area contributed by atoms with Crippen molar-refractivity contribution in [3.8, 4) is 0 Å². The van der Waals surface area contributed by atoms with E-state index in [-0.39, 0.29) is 0 Å². The van der Waals surface area contributed by atoms with Gasteiger partial charge in [-0.25, -0.2) is 4.79 Å². The van der Waals surface area contributed by atoms with Crippen molar-refractivity contribution in [2.24, 2.45) is 0 Å². The zero-order valence-electron chi connectivity index (χ0n) is 4.72. The van der Waals surface area contributed by atoms with E-state index in [0.29, 0.717) is 0 Å². The molecule has 0 bridgehead atoms. The number of hydrogen-bond donors (Lipinski definition) is 3. The molecule has 0 saturated carbocycles. The summed E-state index contributed by atoms with van der Waals surface area (Å²) in [6.45, 7) is 0. The Labute approximate surface area is 55.6 Å². The van der Waals surface area contributed by atoms with Crippen LogP contribution in [0.5, 0.6) is 0 Å². The number of aliphatic carboxylic acids is 1. The van der Waals surface area contributed by atoms with Crippen LogP contribution in [0.25, 0.3) is 0 Å². The zero-order valence-corrected chi connectivity index (χ0v) is 5.62. The number of carboxylic acid groups (broad SMARTS) is 1. The van der Waals surface area contributed by atoms with Crippen molar-refractivity contribution >= 4 is 19.3 Å². The molecule has 0 heterocycles. The summed E-state index contributed by atoms with van der Waals surface area (Å²) in [5, 5.41) is 7.85. The monoisotopic (exact) mass is 168 g/mol. The fraction of sp³-hybridized carbons (Fsp3) is 0.333. The van der Waals surface area contributed by atoms with E-state index < -0.39 is 25.5 Å². The zero-order chi connectivity index (χ0) is 8.36. The lowest BCUT2D eigenvalue weighted by atomic mass is 10.5. The Hall–Kier alpha value is -0.710. The molecular weight excluding hydrogens is 163 g/mol. The number of ketones is 1. The molecule has 10 heavy (non-hydrogen) atoms. The normalized spacial score (nSPS) is 11.0. The van der Waals surface area contributed by atoms with Crippen LogP contribution in [-0.4, -0.2) is 32.8 Å². The Kier molecular flexibility index (Phi) is 2.71. The third-order valence-electron chi connectivity index (χ3n) is 0.588. The average Bonchev–Trinajstić information content (AvgIpc) is 1.60. The van der Waals surface area contributed by atoms with Crippen LogP contribution in [0.3, 0.4) is 0 Å². The van der Waals surface area contributed by atoms with Gasteiger partial charge in [-0.2, -0.15) is 0 Å². The van der Waals surface area contributed by atoms with Gasteiger partial charge in [0.25, 0.3) is 5.78 Å². The van der Waals surface area contributed by atoms with Crippen LogP contribution in [-0.2, 0) is 14.2 Å². The van der Waals surface area contributed by atoms with Gasteiger partial charge in [-0.15, -0.1) is 0 Å². The summed E-state index contributed by atoms with van der Waals surface area (Å²) in [6, 6.07) is 0. The van der Waals surface area contributed by atoms with E-state index in [0.717, 1.165) is 0 Å². The summed E-state index contributed by atoms with van der Waals surface area (Å²) in [5.41, 5.74) is 0. The summed E-state index contributed by atoms with van der Waals surface area (Å²) in [4.78, 5) is 35.9. The second kappa shape index (κ2) is 2.92. The van der Waals surface area contributed by atoms with Gasteiger partial charge >= 0.3 is 13.6 Å². The van der Waals surface area contributed by atoms with E-state index in [4.69, 9.17) is 14.9 Å². The third kappa shape index (κ3) is 4.20. The van der Waals surface area contributed by atoms with Gasteiger partial charge in [-0.05, 0) is 0 Å². The van der Waals surface area contributed by atoms with Crippen LogP contribution >= 0.6 is 7.60 Å². The predicted octanol–water partition coefficient (Wildman–Crippen LogP) is -1.18. The number of carboxylic acids is 1. The molecule has 0 saturated heterocycles. The Morgan fingerprint density at radius 1 is 1.30 bits per heavy atom. The average molecular weight is 168 g/mol. The van der Waals surface area contributed by atoms with Gasteiger partial charge in [0.1, 0.15) is 6.16 Å². The van der Waals surface area contributed by atoms with Gasteiger partial charge in [0.15, 0.2) is 0 Å². The van der Waals surface area contributed by atoms with Crippen LogP contribution in [0.1, 0.15) is 0 Å². The molecule has 0 aromatic carbocycles. The van der Waals surface area contributed by atoms with Crippen molar-refractivity contribution in [3.05, 3.63) is 0 Å². The Morgan fingerprint density at radius 3 is 1.80 bits per heavy atom. The smallest absolute Gasteiger partial charge is 0.372 e. The lowest BCUT2D eigenvalue weighted by Crippen LogP contribution is -2.16. The van der Waals surface area contributed by atoms with Crippen LogP contribution in [0.15, 0.2) is 0 Å². The molecular formula is C3H5O6P. The second-order valence-electron chi connectivity index (χ2n) is 1.55. The number of rotatable bonds is 3. The van der Waals surface area contributed by atoms with Gasteiger partial charge < -0.3 is 14.9 Å². The minimum Gasteiger partial charge on any atom is -0.475 e. The van der Waals surface area contributed by atoms with Gasteiger partial charge in [-0.1, -0.05) is 0 Å². The maximum Gasteiger partial charge on any atom is 0.372 e. The van der Waals surface area contributed by atoms with Crippen molar-refractivity contribution in [2.45, 2.75) is 0 Å². The highest BCUT2D eigenvalue weighted by molar-refractivity contribution is 7.53. The van der Waals surface area contributed by atoms with Gasteiger partial charge in [0, 0.05) is 0 Å². The number of carbonyl (C=O) groups is 2. The molecule has 0 fully saturated rings. The first-order chi connectivity index (χ1) is 4.33. The fourth-order valence-electron chi connectivity index (χ4n) is 0.255. The molecule has 6 nitrogen and oxygen atoms in total. The molecule has 0 aromatic heterocycles. The second-order valence-corrected chi connectivity index (χ2v) is 3.20. The van der Waals surface area contributed by atoms with Crippen molar-refractivity contribution < 1.29 is 29.0 Å². The predicted molar refractivity (Wildman–Crippen MR) is 29.6 cm³/mol. The summed E-state index contributed by atoms with van der Waals surface area (Å²) in [7, 11) is -4.51. The SMILES string of the molecule is O=C(O)C(=O)CP(=O)(O)O.